The third kappa shape index (κ3) is 5.97. The van der Waals surface area contributed by atoms with Gasteiger partial charge in [0.2, 0.25) is 5.91 Å². The summed E-state index contributed by atoms with van der Waals surface area (Å²) < 4.78 is 7.42. The highest BCUT2D eigenvalue weighted by Crippen LogP contribution is 2.28. The number of hydrogen-bond donors (Lipinski definition) is 1. The van der Waals surface area contributed by atoms with Crippen LogP contribution in [0.4, 0.5) is 5.69 Å². The molecule has 1 fully saturated rings. The van der Waals surface area contributed by atoms with Gasteiger partial charge in [0.25, 0.3) is 0 Å². The van der Waals surface area contributed by atoms with Gasteiger partial charge in [0.1, 0.15) is 0 Å². The fraction of sp³-hybridized carbons (Fsp3) is 0.222. The zero-order valence-corrected chi connectivity index (χ0v) is 20.2. The molecule has 0 aliphatic carbocycles. The summed E-state index contributed by atoms with van der Waals surface area (Å²) in [6.07, 6.45) is 0. The monoisotopic (exact) mass is 485 g/mol. The first-order valence-electron chi connectivity index (χ1n) is 11.6. The van der Waals surface area contributed by atoms with E-state index in [-0.39, 0.29) is 11.7 Å². The van der Waals surface area contributed by atoms with Gasteiger partial charge in [-0.15, -0.1) is 10.2 Å². The summed E-state index contributed by atoms with van der Waals surface area (Å²) in [6.45, 7) is 4.26. The molecular weight excluding hydrogens is 458 g/mol. The minimum absolute atomic E-state index is 0.0811. The average Bonchev–Trinajstić information content (AvgIpc) is 3.33. The molecule has 0 radical (unpaired) electrons. The molecule has 0 bridgehead atoms. The van der Waals surface area contributed by atoms with Crippen LogP contribution >= 0.6 is 11.8 Å². The van der Waals surface area contributed by atoms with E-state index in [1.165, 1.54) is 17.3 Å². The summed E-state index contributed by atoms with van der Waals surface area (Å²) in [7, 11) is 0. The molecule has 1 aliphatic heterocycles. The molecule has 0 spiro atoms. The maximum absolute atomic E-state index is 12.8. The van der Waals surface area contributed by atoms with Crippen LogP contribution in [0.2, 0.25) is 0 Å². The largest absolute Gasteiger partial charge is 0.379 e. The summed E-state index contributed by atoms with van der Waals surface area (Å²) in [5.41, 5.74) is 3.90. The Labute approximate surface area is 209 Å². The SMILES string of the molecule is O=C(CSc1nnc(-c2ccccc2)n1-c1ccccc1)Nc1cccc(CN2CCOCC2)c1. The maximum atomic E-state index is 12.8. The molecule has 0 atom stereocenters. The van der Waals surface area contributed by atoms with Crippen molar-refractivity contribution in [2.75, 3.05) is 37.4 Å². The van der Waals surface area contributed by atoms with Crippen LogP contribution in [0.3, 0.4) is 0 Å². The fourth-order valence-electron chi connectivity index (χ4n) is 4.04. The Bertz CT molecular complexity index is 1260. The highest BCUT2D eigenvalue weighted by atomic mass is 32.2. The number of amides is 1. The van der Waals surface area contributed by atoms with Gasteiger partial charge in [-0.3, -0.25) is 14.3 Å². The molecule has 1 saturated heterocycles. The second kappa shape index (κ2) is 11.3. The van der Waals surface area contributed by atoms with E-state index in [2.05, 4.69) is 26.5 Å². The third-order valence-corrected chi connectivity index (χ3v) is 6.66. The van der Waals surface area contributed by atoms with Crippen molar-refractivity contribution in [1.29, 1.82) is 0 Å². The molecule has 178 valence electrons. The van der Waals surface area contributed by atoms with Crippen LogP contribution in [0.5, 0.6) is 0 Å². The number of rotatable bonds is 8. The lowest BCUT2D eigenvalue weighted by molar-refractivity contribution is -0.113. The lowest BCUT2D eigenvalue weighted by Gasteiger charge is -2.26. The molecular formula is C27H27N5O2S. The lowest BCUT2D eigenvalue weighted by Crippen LogP contribution is -2.35. The molecule has 3 aromatic carbocycles. The quantitative estimate of drug-likeness (QED) is 0.371. The lowest BCUT2D eigenvalue weighted by atomic mass is 10.2. The van der Waals surface area contributed by atoms with Gasteiger partial charge in [0.05, 0.1) is 19.0 Å². The number of ether oxygens (including phenoxy) is 1. The van der Waals surface area contributed by atoms with Crippen molar-refractivity contribution in [2.45, 2.75) is 11.7 Å². The molecule has 0 unspecified atom stereocenters. The van der Waals surface area contributed by atoms with Crippen LogP contribution in [-0.2, 0) is 16.1 Å². The average molecular weight is 486 g/mol. The number of morpholine rings is 1. The van der Waals surface area contributed by atoms with Gasteiger partial charge in [-0.25, -0.2) is 0 Å². The van der Waals surface area contributed by atoms with Gasteiger partial charge in [-0.1, -0.05) is 72.4 Å². The van der Waals surface area contributed by atoms with Gasteiger partial charge in [-0.05, 0) is 29.8 Å². The van der Waals surface area contributed by atoms with Gasteiger partial charge in [-0.2, -0.15) is 0 Å². The molecule has 4 aromatic rings. The summed E-state index contributed by atoms with van der Waals surface area (Å²) in [5.74, 6) is 0.894. The first kappa shape index (κ1) is 23.3. The van der Waals surface area contributed by atoms with Crippen LogP contribution in [0, 0.1) is 0 Å². The topological polar surface area (TPSA) is 72.3 Å². The van der Waals surface area contributed by atoms with E-state index in [4.69, 9.17) is 4.74 Å². The van der Waals surface area contributed by atoms with Crippen molar-refractivity contribution in [1.82, 2.24) is 19.7 Å². The van der Waals surface area contributed by atoms with Crippen LogP contribution in [0.15, 0.2) is 90.1 Å². The van der Waals surface area contributed by atoms with E-state index in [0.717, 1.165) is 55.6 Å². The molecule has 1 aromatic heterocycles. The summed E-state index contributed by atoms with van der Waals surface area (Å²) in [6, 6.07) is 28.0. The molecule has 1 aliphatic rings. The number of aromatic nitrogens is 3. The van der Waals surface area contributed by atoms with E-state index in [9.17, 15) is 4.79 Å². The van der Waals surface area contributed by atoms with Gasteiger partial charge in [0, 0.05) is 36.6 Å². The van der Waals surface area contributed by atoms with E-state index in [1.54, 1.807) is 0 Å². The van der Waals surface area contributed by atoms with Crippen molar-refractivity contribution in [2.24, 2.45) is 0 Å². The Hall–Kier alpha value is -3.46. The number of para-hydroxylation sites is 1. The molecule has 7 nitrogen and oxygen atoms in total. The number of carbonyl (C=O) groups is 1. The number of thioether (sulfide) groups is 1. The van der Waals surface area contributed by atoms with Crippen molar-refractivity contribution in [3.8, 4) is 17.1 Å². The highest BCUT2D eigenvalue weighted by molar-refractivity contribution is 7.99. The molecule has 2 heterocycles. The van der Waals surface area contributed by atoms with Crippen molar-refractivity contribution >= 4 is 23.4 Å². The molecule has 0 saturated carbocycles. The van der Waals surface area contributed by atoms with Crippen LogP contribution in [0.1, 0.15) is 5.56 Å². The zero-order valence-electron chi connectivity index (χ0n) is 19.3. The first-order valence-corrected chi connectivity index (χ1v) is 12.6. The molecule has 1 amide bonds. The number of benzene rings is 3. The first-order chi connectivity index (χ1) is 17.3. The number of nitrogens with zero attached hydrogens (tertiary/aromatic N) is 4. The van der Waals surface area contributed by atoms with Crippen LogP contribution in [0.25, 0.3) is 17.1 Å². The Morgan fingerprint density at radius 2 is 1.66 bits per heavy atom. The summed E-state index contributed by atoms with van der Waals surface area (Å²) in [4.78, 5) is 15.2. The summed E-state index contributed by atoms with van der Waals surface area (Å²) in [5, 5.41) is 12.5. The van der Waals surface area contributed by atoms with Gasteiger partial charge in [0.15, 0.2) is 11.0 Å². The van der Waals surface area contributed by atoms with Crippen molar-refractivity contribution < 1.29 is 9.53 Å². The van der Waals surface area contributed by atoms with Crippen LogP contribution in [-0.4, -0.2) is 57.6 Å². The highest BCUT2D eigenvalue weighted by Gasteiger charge is 2.17. The number of carbonyl (C=O) groups excluding carboxylic acids is 1. The van der Waals surface area contributed by atoms with Crippen molar-refractivity contribution in [3.63, 3.8) is 0 Å². The normalized spacial score (nSPS) is 14.1. The summed E-state index contributed by atoms with van der Waals surface area (Å²) >= 11 is 1.37. The number of anilines is 1. The second-order valence-corrected chi connectivity index (χ2v) is 9.21. The Morgan fingerprint density at radius 1 is 0.914 bits per heavy atom. The number of hydrogen-bond acceptors (Lipinski definition) is 6. The molecule has 8 heteroatoms. The second-order valence-electron chi connectivity index (χ2n) is 8.27. The number of nitrogens with one attached hydrogen (secondary N) is 1. The smallest absolute Gasteiger partial charge is 0.234 e. The van der Waals surface area contributed by atoms with E-state index >= 15 is 0 Å². The molecule has 5 rings (SSSR count). The molecule has 35 heavy (non-hydrogen) atoms. The standard InChI is InChI=1S/C27H27N5O2S/c33-25(28-23-11-7-8-21(18-23)19-31-14-16-34-17-15-31)20-35-27-30-29-26(22-9-3-1-4-10-22)32(27)24-12-5-2-6-13-24/h1-13,18H,14-17,19-20H2,(H,28,33). The van der Waals surface area contributed by atoms with E-state index in [0.29, 0.717) is 5.16 Å². The van der Waals surface area contributed by atoms with Crippen molar-refractivity contribution in [3.05, 3.63) is 90.5 Å². The predicted molar refractivity (Wildman–Crippen MR) is 139 cm³/mol. The van der Waals surface area contributed by atoms with Gasteiger partial charge >= 0.3 is 0 Å². The minimum Gasteiger partial charge on any atom is -0.379 e. The maximum Gasteiger partial charge on any atom is 0.234 e. The zero-order chi connectivity index (χ0) is 23.9. The third-order valence-electron chi connectivity index (χ3n) is 5.73. The van der Waals surface area contributed by atoms with E-state index in [1.807, 2.05) is 83.4 Å². The molecule has 1 N–H and O–H groups in total. The van der Waals surface area contributed by atoms with Crippen LogP contribution < -0.4 is 5.32 Å². The fourth-order valence-corrected chi connectivity index (χ4v) is 4.79. The van der Waals surface area contributed by atoms with E-state index < -0.39 is 0 Å². The Morgan fingerprint density at radius 3 is 2.43 bits per heavy atom. The predicted octanol–water partition coefficient (Wildman–Crippen LogP) is 4.50. The Balaban J connectivity index is 1.27. The minimum atomic E-state index is -0.0811. The Kier molecular flexibility index (Phi) is 7.53. The van der Waals surface area contributed by atoms with Gasteiger partial charge < -0.3 is 10.1 Å².